The summed E-state index contributed by atoms with van der Waals surface area (Å²) in [5, 5.41) is 7.95. The predicted octanol–water partition coefficient (Wildman–Crippen LogP) is 2.25. The highest BCUT2D eigenvalue weighted by Gasteiger charge is 2.31. The first-order valence-electron chi connectivity index (χ1n) is 7.32. The van der Waals surface area contributed by atoms with E-state index < -0.39 is 12.1 Å². The molecule has 0 saturated carbocycles. The molecule has 0 aromatic heterocycles. The number of amidine groups is 1. The summed E-state index contributed by atoms with van der Waals surface area (Å²) in [6, 6.07) is 8.11. The Bertz CT molecular complexity index is 837. The van der Waals surface area contributed by atoms with Crippen molar-refractivity contribution in [2.24, 2.45) is 11.5 Å². The predicted molar refractivity (Wildman–Crippen MR) is 89.9 cm³/mol. The van der Waals surface area contributed by atoms with E-state index in [0.717, 1.165) is 16.0 Å². The van der Waals surface area contributed by atoms with Crippen LogP contribution in [0.3, 0.4) is 0 Å². The molecule has 3 rings (SSSR count). The Morgan fingerprint density at radius 1 is 1.33 bits per heavy atom. The molecule has 1 aliphatic heterocycles. The number of benzene rings is 2. The van der Waals surface area contributed by atoms with Crippen LogP contribution in [0.1, 0.15) is 5.56 Å². The summed E-state index contributed by atoms with van der Waals surface area (Å²) in [7, 11) is 1.52. The molecule has 24 heavy (non-hydrogen) atoms. The number of methoxy groups -OCH3 is 1. The van der Waals surface area contributed by atoms with Crippen molar-refractivity contribution in [3.8, 4) is 16.9 Å². The Morgan fingerprint density at radius 3 is 2.75 bits per heavy atom. The average Bonchev–Trinajstić information content (AvgIpc) is 2.55. The van der Waals surface area contributed by atoms with Crippen LogP contribution in [0, 0.1) is 11.2 Å². The minimum Gasteiger partial charge on any atom is -0.496 e. The highest BCUT2D eigenvalue weighted by Crippen LogP contribution is 2.35. The van der Waals surface area contributed by atoms with Gasteiger partial charge in [-0.3, -0.25) is 5.41 Å². The van der Waals surface area contributed by atoms with Gasteiger partial charge in [-0.05, 0) is 47.9 Å². The quantitative estimate of drug-likeness (QED) is 0.787. The zero-order chi connectivity index (χ0) is 17.4. The van der Waals surface area contributed by atoms with E-state index in [2.05, 4.69) is 0 Å². The van der Waals surface area contributed by atoms with Crippen molar-refractivity contribution in [1.82, 2.24) is 0 Å². The van der Waals surface area contributed by atoms with Crippen LogP contribution in [0.2, 0.25) is 0 Å². The number of hydrogen-bond acceptors (Lipinski definition) is 4. The number of rotatable bonds is 2. The number of carbonyl (C=O) groups is 1. The van der Waals surface area contributed by atoms with E-state index in [-0.39, 0.29) is 11.7 Å². The van der Waals surface area contributed by atoms with Crippen molar-refractivity contribution < 1.29 is 13.9 Å². The zero-order valence-electron chi connectivity index (χ0n) is 13.0. The van der Waals surface area contributed by atoms with Gasteiger partial charge in [0.2, 0.25) is 0 Å². The molecule has 124 valence electrons. The third-order valence-corrected chi connectivity index (χ3v) is 4.05. The van der Waals surface area contributed by atoms with Gasteiger partial charge < -0.3 is 16.2 Å². The topological polar surface area (TPSA) is 105 Å². The lowest BCUT2D eigenvalue weighted by molar-refractivity contribution is 0.256. The fourth-order valence-electron chi connectivity index (χ4n) is 2.91. The van der Waals surface area contributed by atoms with E-state index in [1.54, 1.807) is 18.2 Å². The highest BCUT2D eigenvalue weighted by molar-refractivity contribution is 6.18. The van der Waals surface area contributed by atoms with Crippen molar-refractivity contribution in [3.63, 3.8) is 0 Å². The Labute approximate surface area is 138 Å². The van der Waals surface area contributed by atoms with E-state index in [9.17, 15) is 9.18 Å². The summed E-state index contributed by atoms with van der Waals surface area (Å²) >= 11 is 0. The van der Waals surface area contributed by atoms with E-state index in [1.165, 1.54) is 19.2 Å². The lowest BCUT2D eigenvalue weighted by atomic mass is 9.93. The van der Waals surface area contributed by atoms with Gasteiger partial charge in [-0.15, -0.1) is 0 Å². The maximum atomic E-state index is 13.6. The number of nitrogens with one attached hydrogen (secondary N) is 1. The van der Waals surface area contributed by atoms with Crippen LogP contribution in [-0.4, -0.2) is 25.0 Å². The molecule has 5 N–H and O–H groups in total. The van der Waals surface area contributed by atoms with Gasteiger partial charge in [0.05, 0.1) is 18.8 Å². The van der Waals surface area contributed by atoms with Crippen LogP contribution in [0.25, 0.3) is 11.1 Å². The molecule has 0 bridgehead atoms. The normalized spacial score (nSPS) is 16.7. The largest absolute Gasteiger partial charge is 0.496 e. The molecule has 1 aliphatic rings. The number of amides is 2. The van der Waals surface area contributed by atoms with Gasteiger partial charge in [0.15, 0.2) is 0 Å². The molecule has 6 nitrogen and oxygen atoms in total. The van der Waals surface area contributed by atoms with E-state index in [1.807, 2.05) is 6.07 Å². The van der Waals surface area contributed by atoms with Gasteiger partial charge in [-0.1, -0.05) is 6.07 Å². The number of fused-ring (bicyclic) bond motifs is 1. The minimum absolute atomic E-state index is 0.0360. The minimum atomic E-state index is -0.757. The Kier molecular flexibility index (Phi) is 3.94. The number of halogens is 1. The third-order valence-electron chi connectivity index (χ3n) is 4.05. The summed E-state index contributed by atoms with van der Waals surface area (Å²) in [5.41, 5.74) is 13.9. The van der Waals surface area contributed by atoms with E-state index in [0.29, 0.717) is 23.4 Å². The highest BCUT2D eigenvalue weighted by atomic mass is 19.1. The molecule has 2 aromatic carbocycles. The molecule has 2 aromatic rings. The standard InChI is InChI=1S/C17H17FN4O2/c1-24-15-5-3-11(18)8-12(15)9-2-4-14-10(6-9)7-13(19)16(20)22(14)17(21)23/h2-6,8,13,20H,7,19H2,1H3,(H2,21,23). The van der Waals surface area contributed by atoms with Gasteiger partial charge in [-0.2, -0.15) is 0 Å². The summed E-state index contributed by atoms with van der Waals surface area (Å²) in [5.74, 6) is 0.128. The molecule has 0 radical (unpaired) electrons. The zero-order valence-corrected chi connectivity index (χ0v) is 13.0. The van der Waals surface area contributed by atoms with Crippen LogP contribution < -0.4 is 21.1 Å². The van der Waals surface area contributed by atoms with Gasteiger partial charge in [0.1, 0.15) is 17.4 Å². The molecular weight excluding hydrogens is 311 g/mol. The van der Waals surface area contributed by atoms with Crippen LogP contribution in [0.15, 0.2) is 36.4 Å². The van der Waals surface area contributed by atoms with Crippen molar-refractivity contribution in [1.29, 1.82) is 5.41 Å². The molecule has 1 unspecified atom stereocenters. The number of nitrogens with zero attached hydrogens (tertiary/aromatic N) is 1. The second kappa shape index (κ2) is 5.93. The first-order chi connectivity index (χ1) is 11.4. The molecule has 0 saturated heterocycles. The maximum Gasteiger partial charge on any atom is 0.324 e. The monoisotopic (exact) mass is 328 g/mol. The third kappa shape index (κ3) is 2.59. The lowest BCUT2D eigenvalue weighted by Gasteiger charge is -2.32. The molecule has 7 heteroatoms. The molecule has 1 atom stereocenters. The molecule has 0 fully saturated rings. The lowest BCUT2D eigenvalue weighted by Crippen LogP contribution is -2.52. The van der Waals surface area contributed by atoms with Crippen LogP contribution in [0.5, 0.6) is 5.75 Å². The second-order valence-electron chi connectivity index (χ2n) is 5.56. The number of ether oxygens (including phenoxy) is 1. The summed E-state index contributed by atoms with van der Waals surface area (Å²) in [6.45, 7) is 0. The average molecular weight is 328 g/mol. The van der Waals surface area contributed by atoms with Crippen molar-refractivity contribution >= 4 is 17.6 Å². The van der Waals surface area contributed by atoms with E-state index in [4.69, 9.17) is 21.6 Å². The maximum absolute atomic E-state index is 13.6. The van der Waals surface area contributed by atoms with Gasteiger partial charge in [0, 0.05) is 5.56 Å². The first-order valence-corrected chi connectivity index (χ1v) is 7.32. The molecule has 0 aliphatic carbocycles. The Morgan fingerprint density at radius 2 is 2.08 bits per heavy atom. The Balaban J connectivity index is 2.13. The number of anilines is 1. The smallest absolute Gasteiger partial charge is 0.324 e. The van der Waals surface area contributed by atoms with Crippen molar-refractivity contribution in [2.75, 3.05) is 12.0 Å². The SMILES string of the molecule is COc1ccc(F)cc1-c1ccc2c(c1)CC(N)C(=N)N2C(N)=O. The van der Waals surface area contributed by atoms with Gasteiger partial charge in [-0.25, -0.2) is 14.1 Å². The number of hydrogen-bond donors (Lipinski definition) is 3. The number of nitrogens with two attached hydrogens (primary N) is 2. The second-order valence-corrected chi connectivity index (χ2v) is 5.56. The van der Waals surface area contributed by atoms with Gasteiger partial charge in [0.25, 0.3) is 0 Å². The van der Waals surface area contributed by atoms with Crippen LogP contribution in [-0.2, 0) is 6.42 Å². The van der Waals surface area contributed by atoms with Crippen LogP contribution in [0.4, 0.5) is 14.9 Å². The molecule has 1 heterocycles. The summed E-state index contributed by atoms with van der Waals surface area (Å²) in [6.07, 6.45) is 0.392. The number of carbonyl (C=O) groups excluding carboxylic acids is 1. The fraction of sp³-hybridized carbons (Fsp3) is 0.176. The fourth-order valence-corrected chi connectivity index (χ4v) is 2.91. The molecule has 0 spiro atoms. The van der Waals surface area contributed by atoms with Gasteiger partial charge >= 0.3 is 6.03 Å². The van der Waals surface area contributed by atoms with E-state index >= 15 is 0 Å². The molecule has 2 amide bonds. The van der Waals surface area contributed by atoms with Crippen molar-refractivity contribution in [3.05, 3.63) is 47.8 Å². The summed E-state index contributed by atoms with van der Waals surface area (Å²) < 4.78 is 18.9. The van der Waals surface area contributed by atoms with Crippen molar-refractivity contribution in [2.45, 2.75) is 12.5 Å². The summed E-state index contributed by atoms with van der Waals surface area (Å²) in [4.78, 5) is 12.7. The van der Waals surface area contributed by atoms with Crippen LogP contribution >= 0.6 is 0 Å². The first kappa shape index (κ1) is 15.9. The number of primary amides is 1. The number of urea groups is 1. The Hall–Kier alpha value is -2.93. The molecular formula is C17H17FN4O2.